The number of rotatable bonds is 2. The largest absolute Gasteiger partial charge is 0.416 e. The van der Waals surface area contributed by atoms with Gasteiger partial charge in [-0.1, -0.05) is 25.0 Å². The van der Waals surface area contributed by atoms with Crippen molar-refractivity contribution in [1.29, 1.82) is 0 Å². The van der Waals surface area contributed by atoms with Gasteiger partial charge >= 0.3 is 6.18 Å². The molecule has 19 heavy (non-hydrogen) atoms. The van der Waals surface area contributed by atoms with Crippen molar-refractivity contribution in [2.45, 2.75) is 38.0 Å². The summed E-state index contributed by atoms with van der Waals surface area (Å²) in [4.78, 5) is 12.1. The van der Waals surface area contributed by atoms with Crippen LogP contribution in [0.1, 0.15) is 41.6 Å². The van der Waals surface area contributed by atoms with Crippen LogP contribution in [0.5, 0.6) is 0 Å². The second kappa shape index (κ2) is 5.33. The Balaban J connectivity index is 2.15. The maximum atomic E-state index is 12.4. The minimum atomic E-state index is -4.40. The first-order valence-electron chi connectivity index (χ1n) is 6.29. The van der Waals surface area contributed by atoms with E-state index < -0.39 is 23.8 Å². The summed E-state index contributed by atoms with van der Waals surface area (Å²) in [7, 11) is 0. The van der Waals surface area contributed by atoms with E-state index in [9.17, 15) is 23.1 Å². The molecule has 0 saturated heterocycles. The molecule has 2 atom stereocenters. The van der Waals surface area contributed by atoms with Crippen LogP contribution in [0, 0.1) is 5.92 Å². The van der Waals surface area contributed by atoms with Gasteiger partial charge in [-0.05, 0) is 25.0 Å². The summed E-state index contributed by atoms with van der Waals surface area (Å²) in [5.41, 5.74) is -0.535. The number of alkyl halides is 3. The monoisotopic (exact) mass is 272 g/mol. The Labute approximate surface area is 109 Å². The van der Waals surface area contributed by atoms with Gasteiger partial charge in [0.25, 0.3) is 0 Å². The normalized spacial score (nSPS) is 24.2. The summed E-state index contributed by atoms with van der Waals surface area (Å²) in [6, 6.07) is 4.18. The molecule has 5 heteroatoms. The highest BCUT2D eigenvalue weighted by Crippen LogP contribution is 2.31. The summed E-state index contributed by atoms with van der Waals surface area (Å²) < 4.78 is 37.2. The van der Waals surface area contributed by atoms with Gasteiger partial charge in [0.15, 0.2) is 5.78 Å². The SMILES string of the molecule is O=C(c1ccc(C(F)(F)F)cc1)[C@@H]1CCCC[C@@H]1O. The fourth-order valence-electron chi connectivity index (χ4n) is 2.45. The van der Waals surface area contributed by atoms with E-state index in [4.69, 9.17) is 0 Å². The molecule has 0 amide bonds. The molecule has 1 aliphatic carbocycles. The van der Waals surface area contributed by atoms with E-state index in [0.29, 0.717) is 12.8 Å². The smallest absolute Gasteiger partial charge is 0.392 e. The number of ketones is 1. The molecule has 0 unspecified atom stereocenters. The Morgan fingerprint density at radius 2 is 1.68 bits per heavy atom. The highest BCUT2D eigenvalue weighted by atomic mass is 19.4. The maximum Gasteiger partial charge on any atom is 0.416 e. The number of aliphatic hydroxyl groups excluding tert-OH is 1. The van der Waals surface area contributed by atoms with Crippen molar-refractivity contribution in [3.63, 3.8) is 0 Å². The van der Waals surface area contributed by atoms with Crippen molar-refractivity contribution >= 4 is 5.78 Å². The van der Waals surface area contributed by atoms with Gasteiger partial charge in [0.2, 0.25) is 0 Å². The second-order valence-corrected chi connectivity index (χ2v) is 4.90. The van der Waals surface area contributed by atoms with Crippen LogP contribution in [0.2, 0.25) is 0 Å². The zero-order valence-corrected chi connectivity index (χ0v) is 10.3. The molecule has 0 heterocycles. The summed E-state index contributed by atoms with van der Waals surface area (Å²) >= 11 is 0. The first kappa shape index (κ1) is 14.1. The van der Waals surface area contributed by atoms with Crippen molar-refractivity contribution in [2.75, 3.05) is 0 Å². The molecular formula is C14H15F3O2. The predicted molar refractivity (Wildman–Crippen MR) is 63.7 cm³/mol. The van der Waals surface area contributed by atoms with Gasteiger partial charge < -0.3 is 5.11 Å². The number of carbonyl (C=O) groups is 1. The molecule has 0 aromatic heterocycles. The highest BCUT2D eigenvalue weighted by Gasteiger charge is 2.32. The first-order chi connectivity index (χ1) is 8.89. The Bertz CT molecular complexity index is 451. The average Bonchev–Trinajstić information content (AvgIpc) is 2.38. The van der Waals surface area contributed by atoms with Crippen molar-refractivity contribution in [1.82, 2.24) is 0 Å². The lowest BCUT2D eigenvalue weighted by Crippen LogP contribution is -2.31. The minimum Gasteiger partial charge on any atom is -0.392 e. The molecule has 1 N–H and O–H groups in total. The van der Waals surface area contributed by atoms with Crippen molar-refractivity contribution in [3.8, 4) is 0 Å². The minimum absolute atomic E-state index is 0.235. The van der Waals surface area contributed by atoms with Crippen LogP contribution < -0.4 is 0 Å². The van der Waals surface area contributed by atoms with E-state index >= 15 is 0 Å². The quantitative estimate of drug-likeness (QED) is 0.837. The Morgan fingerprint density at radius 1 is 1.11 bits per heavy atom. The van der Waals surface area contributed by atoms with E-state index in [2.05, 4.69) is 0 Å². The van der Waals surface area contributed by atoms with Gasteiger partial charge in [-0.3, -0.25) is 4.79 Å². The number of aliphatic hydroxyl groups is 1. The number of Topliss-reactive ketones (excluding diaryl/α,β-unsaturated/α-hetero) is 1. The molecule has 104 valence electrons. The van der Waals surface area contributed by atoms with Gasteiger partial charge in [0, 0.05) is 11.5 Å². The third kappa shape index (κ3) is 3.15. The number of carbonyl (C=O) groups excluding carboxylic acids is 1. The van der Waals surface area contributed by atoms with Gasteiger partial charge in [0.1, 0.15) is 0 Å². The van der Waals surface area contributed by atoms with Gasteiger partial charge in [0.05, 0.1) is 11.7 Å². The number of benzene rings is 1. The average molecular weight is 272 g/mol. The number of hydrogen-bond donors (Lipinski definition) is 1. The van der Waals surface area contributed by atoms with Crippen LogP contribution in [0.15, 0.2) is 24.3 Å². The van der Waals surface area contributed by atoms with E-state index in [1.165, 1.54) is 12.1 Å². The molecule has 1 aromatic rings. The zero-order chi connectivity index (χ0) is 14.0. The highest BCUT2D eigenvalue weighted by molar-refractivity contribution is 5.98. The Kier molecular flexibility index (Phi) is 3.94. The van der Waals surface area contributed by atoms with Crippen LogP contribution >= 0.6 is 0 Å². The van der Waals surface area contributed by atoms with E-state index in [-0.39, 0.29) is 11.3 Å². The second-order valence-electron chi connectivity index (χ2n) is 4.90. The lowest BCUT2D eigenvalue weighted by molar-refractivity contribution is -0.137. The van der Waals surface area contributed by atoms with E-state index in [1.54, 1.807) is 0 Å². The molecular weight excluding hydrogens is 257 g/mol. The standard InChI is InChI=1S/C14H15F3O2/c15-14(16,17)10-7-5-9(6-8-10)13(19)11-3-1-2-4-12(11)18/h5-8,11-12,18H,1-4H2/t11-,12+/m1/s1. The summed E-state index contributed by atoms with van der Waals surface area (Å²) in [5.74, 6) is -0.744. The lowest BCUT2D eigenvalue weighted by atomic mass is 9.81. The molecule has 1 aromatic carbocycles. The van der Waals surface area contributed by atoms with Crippen LogP contribution in [-0.4, -0.2) is 17.0 Å². The van der Waals surface area contributed by atoms with Gasteiger partial charge in [-0.25, -0.2) is 0 Å². The van der Waals surface area contributed by atoms with Crippen LogP contribution in [-0.2, 0) is 6.18 Å². The third-order valence-corrected chi connectivity index (χ3v) is 3.56. The molecule has 2 rings (SSSR count). The Morgan fingerprint density at radius 3 is 2.21 bits per heavy atom. The summed E-state index contributed by atoms with van der Waals surface area (Å²) in [5, 5.41) is 9.78. The predicted octanol–water partition coefficient (Wildman–Crippen LogP) is 3.44. The topological polar surface area (TPSA) is 37.3 Å². The zero-order valence-electron chi connectivity index (χ0n) is 10.3. The first-order valence-corrected chi connectivity index (χ1v) is 6.29. The molecule has 0 bridgehead atoms. The molecule has 1 aliphatic rings. The number of hydrogen-bond acceptors (Lipinski definition) is 2. The van der Waals surface area contributed by atoms with Crippen molar-refractivity contribution in [2.24, 2.45) is 5.92 Å². The van der Waals surface area contributed by atoms with Crippen molar-refractivity contribution in [3.05, 3.63) is 35.4 Å². The summed E-state index contributed by atoms with van der Waals surface area (Å²) in [6.07, 6.45) is -2.14. The van der Waals surface area contributed by atoms with E-state index in [0.717, 1.165) is 25.0 Å². The van der Waals surface area contributed by atoms with E-state index in [1.807, 2.05) is 0 Å². The van der Waals surface area contributed by atoms with Crippen LogP contribution in [0.4, 0.5) is 13.2 Å². The van der Waals surface area contributed by atoms with Gasteiger partial charge in [-0.15, -0.1) is 0 Å². The molecule has 2 nitrogen and oxygen atoms in total. The number of halogens is 3. The molecule has 0 radical (unpaired) electrons. The van der Waals surface area contributed by atoms with Crippen molar-refractivity contribution < 1.29 is 23.1 Å². The Hall–Kier alpha value is -1.36. The molecule has 1 fully saturated rings. The molecule has 0 spiro atoms. The molecule has 1 saturated carbocycles. The lowest BCUT2D eigenvalue weighted by Gasteiger charge is -2.26. The maximum absolute atomic E-state index is 12.4. The molecule has 0 aliphatic heterocycles. The van der Waals surface area contributed by atoms with Gasteiger partial charge in [-0.2, -0.15) is 13.2 Å². The fourth-order valence-corrected chi connectivity index (χ4v) is 2.45. The van der Waals surface area contributed by atoms with Crippen LogP contribution in [0.25, 0.3) is 0 Å². The fraction of sp³-hybridized carbons (Fsp3) is 0.500. The van der Waals surface area contributed by atoms with Crippen LogP contribution in [0.3, 0.4) is 0 Å². The third-order valence-electron chi connectivity index (χ3n) is 3.56. The summed E-state index contributed by atoms with van der Waals surface area (Å²) in [6.45, 7) is 0.